The van der Waals surface area contributed by atoms with Crippen LogP contribution in [0.3, 0.4) is 0 Å². The first kappa shape index (κ1) is 14.7. The van der Waals surface area contributed by atoms with E-state index in [9.17, 15) is 4.79 Å². The second-order valence-electron chi connectivity index (χ2n) is 6.60. The Kier molecular flexibility index (Phi) is 3.69. The lowest BCUT2D eigenvalue weighted by atomic mass is 9.74. The fourth-order valence-corrected chi connectivity index (χ4v) is 3.09. The van der Waals surface area contributed by atoms with Gasteiger partial charge in [0, 0.05) is 17.5 Å². The second kappa shape index (κ2) is 5.52. The van der Waals surface area contributed by atoms with Crippen LogP contribution >= 0.6 is 0 Å². The van der Waals surface area contributed by atoms with Crippen molar-refractivity contribution in [3.63, 3.8) is 0 Å². The molecule has 4 heteroatoms. The van der Waals surface area contributed by atoms with Crippen LogP contribution in [0.4, 0.5) is 0 Å². The molecule has 1 aliphatic rings. The van der Waals surface area contributed by atoms with Gasteiger partial charge in [-0.25, -0.2) is 0 Å². The zero-order valence-corrected chi connectivity index (χ0v) is 13.2. The maximum absolute atomic E-state index is 12.5. The van der Waals surface area contributed by atoms with E-state index >= 15 is 0 Å². The lowest BCUT2D eigenvalue weighted by Gasteiger charge is -2.34. The molecule has 0 spiro atoms. The lowest BCUT2D eigenvalue weighted by Crippen LogP contribution is -2.36. The summed E-state index contributed by atoms with van der Waals surface area (Å²) in [5, 5.41) is 3.13. The molecule has 2 aromatic rings. The fourth-order valence-electron chi connectivity index (χ4n) is 3.09. The zero-order chi connectivity index (χ0) is 15.7. The van der Waals surface area contributed by atoms with Gasteiger partial charge < -0.3 is 14.5 Å². The number of ether oxygens (including phenoxy) is 1. The molecule has 1 heterocycles. The molecule has 1 aliphatic carbocycles. The van der Waals surface area contributed by atoms with E-state index in [1.807, 2.05) is 6.07 Å². The number of rotatable bonds is 3. The van der Waals surface area contributed by atoms with Gasteiger partial charge in [-0.05, 0) is 42.2 Å². The topological polar surface area (TPSA) is 51.5 Å². The minimum absolute atomic E-state index is 0.00731. The maximum Gasteiger partial charge on any atom is 0.251 e. The Morgan fingerprint density at radius 2 is 2.00 bits per heavy atom. The van der Waals surface area contributed by atoms with E-state index in [0.29, 0.717) is 5.56 Å². The Labute approximate surface area is 130 Å². The SMILES string of the molecule is COc1ccc(C(=O)N[C@H]2CC(C)(C)Cc3occc32)cc1. The van der Waals surface area contributed by atoms with Gasteiger partial charge in [0.2, 0.25) is 0 Å². The predicted molar refractivity (Wildman–Crippen MR) is 84.0 cm³/mol. The molecule has 1 aromatic carbocycles. The van der Waals surface area contributed by atoms with Crippen molar-refractivity contribution in [3.05, 3.63) is 53.5 Å². The maximum atomic E-state index is 12.5. The number of amides is 1. The number of carbonyl (C=O) groups is 1. The first-order valence-corrected chi connectivity index (χ1v) is 7.50. The van der Waals surface area contributed by atoms with E-state index in [2.05, 4.69) is 19.2 Å². The Balaban J connectivity index is 1.79. The summed E-state index contributed by atoms with van der Waals surface area (Å²) in [6.07, 6.45) is 3.52. The average Bonchev–Trinajstić information content (AvgIpc) is 2.94. The van der Waals surface area contributed by atoms with Crippen molar-refractivity contribution in [2.75, 3.05) is 7.11 Å². The van der Waals surface area contributed by atoms with Gasteiger partial charge in [0.25, 0.3) is 5.91 Å². The molecule has 0 radical (unpaired) electrons. The van der Waals surface area contributed by atoms with Crippen LogP contribution in [0.15, 0.2) is 41.0 Å². The number of furan rings is 1. The lowest BCUT2D eigenvalue weighted by molar-refractivity contribution is 0.0917. The molecule has 1 amide bonds. The highest BCUT2D eigenvalue weighted by Gasteiger charge is 2.35. The number of nitrogens with one attached hydrogen (secondary N) is 1. The standard InChI is InChI=1S/C18H21NO3/c1-18(2)10-15(14-8-9-22-16(14)11-18)19-17(20)12-4-6-13(21-3)7-5-12/h4-9,15H,10-11H2,1-3H3,(H,19,20)/t15-/m0/s1. The summed E-state index contributed by atoms with van der Waals surface area (Å²) >= 11 is 0. The largest absolute Gasteiger partial charge is 0.497 e. The third-order valence-corrected chi connectivity index (χ3v) is 4.21. The van der Waals surface area contributed by atoms with Crippen LogP contribution in [0.25, 0.3) is 0 Å². The van der Waals surface area contributed by atoms with E-state index in [1.54, 1.807) is 37.6 Å². The van der Waals surface area contributed by atoms with Crippen molar-refractivity contribution >= 4 is 5.91 Å². The minimum atomic E-state index is -0.0718. The highest BCUT2D eigenvalue weighted by Crippen LogP contribution is 2.41. The van der Waals surface area contributed by atoms with Crippen LogP contribution < -0.4 is 10.1 Å². The fraction of sp³-hybridized carbons (Fsp3) is 0.389. The summed E-state index contributed by atoms with van der Waals surface area (Å²) < 4.78 is 10.7. The monoisotopic (exact) mass is 299 g/mol. The zero-order valence-electron chi connectivity index (χ0n) is 13.2. The summed E-state index contributed by atoms with van der Waals surface area (Å²) in [7, 11) is 1.61. The molecule has 4 nitrogen and oxygen atoms in total. The molecule has 0 fully saturated rings. The number of methoxy groups -OCH3 is 1. The highest BCUT2D eigenvalue weighted by atomic mass is 16.5. The molecule has 1 N–H and O–H groups in total. The first-order chi connectivity index (χ1) is 10.5. The summed E-state index contributed by atoms with van der Waals surface area (Å²) in [6.45, 7) is 4.40. The molecule has 116 valence electrons. The van der Waals surface area contributed by atoms with Gasteiger partial charge in [0.15, 0.2) is 0 Å². The molecule has 0 saturated carbocycles. The van der Waals surface area contributed by atoms with E-state index in [1.165, 1.54) is 0 Å². The summed E-state index contributed by atoms with van der Waals surface area (Å²) in [4.78, 5) is 12.5. The average molecular weight is 299 g/mol. The van der Waals surface area contributed by atoms with Gasteiger partial charge in [0.05, 0.1) is 19.4 Å². The van der Waals surface area contributed by atoms with Crippen molar-refractivity contribution in [2.45, 2.75) is 32.7 Å². The smallest absolute Gasteiger partial charge is 0.251 e. The molecule has 0 unspecified atom stereocenters. The van der Waals surface area contributed by atoms with Crippen molar-refractivity contribution < 1.29 is 13.9 Å². The second-order valence-corrected chi connectivity index (χ2v) is 6.60. The van der Waals surface area contributed by atoms with Crippen molar-refractivity contribution in [2.24, 2.45) is 5.41 Å². The van der Waals surface area contributed by atoms with Gasteiger partial charge in [-0.2, -0.15) is 0 Å². The summed E-state index contributed by atoms with van der Waals surface area (Å²) in [6, 6.07) is 9.10. The number of benzene rings is 1. The highest BCUT2D eigenvalue weighted by molar-refractivity contribution is 5.94. The van der Waals surface area contributed by atoms with Crippen LogP contribution in [-0.4, -0.2) is 13.0 Å². The number of fused-ring (bicyclic) bond motifs is 1. The third-order valence-electron chi connectivity index (χ3n) is 4.21. The van der Waals surface area contributed by atoms with Gasteiger partial charge in [0.1, 0.15) is 11.5 Å². The van der Waals surface area contributed by atoms with Crippen LogP contribution in [0, 0.1) is 5.41 Å². The molecule has 3 rings (SSSR count). The predicted octanol–water partition coefficient (Wildman–Crippen LogP) is 3.73. The van der Waals surface area contributed by atoms with Crippen LogP contribution in [-0.2, 0) is 6.42 Å². The van der Waals surface area contributed by atoms with Crippen molar-refractivity contribution in [3.8, 4) is 5.75 Å². The molecule has 0 aliphatic heterocycles. The van der Waals surface area contributed by atoms with Crippen molar-refractivity contribution in [1.29, 1.82) is 0 Å². The van der Waals surface area contributed by atoms with Gasteiger partial charge in [-0.15, -0.1) is 0 Å². The van der Waals surface area contributed by atoms with Crippen LogP contribution in [0.5, 0.6) is 5.75 Å². The first-order valence-electron chi connectivity index (χ1n) is 7.50. The summed E-state index contributed by atoms with van der Waals surface area (Å²) in [5.41, 5.74) is 1.85. The Hall–Kier alpha value is -2.23. The van der Waals surface area contributed by atoms with Gasteiger partial charge >= 0.3 is 0 Å². The Morgan fingerprint density at radius 3 is 2.68 bits per heavy atom. The number of hydrogen-bond acceptors (Lipinski definition) is 3. The number of hydrogen-bond donors (Lipinski definition) is 1. The molecular formula is C18H21NO3. The molecular weight excluding hydrogens is 278 g/mol. The van der Waals surface area contributed by atoms with E-state index < -0.39 is 0 Å². The molecule has 0 saturated heterocycles. The molecule has 22 heavy (non-hydrogen) atoms. The normalized spacial score (nSPS) is 19.3. The number of carbonyl (C=O) groups excluding carboxylic acids is 1. The molecule has 0 bridgehead atoms. The van der Waals surface area contributed by atoms with Crippen LogP contribution in [0.1, 0.15) is 48.0 Å². The third kappa shape index (κ3) is 2.86. The van der Waals surface area contributed by atoms with E-state index in [4.69, 9.17) is 9.15 Å². The summed E-state index contributed by atoms with van der Waals surface area (Å²) in [5.74, 6) is 1.65. The minimum Gasteiger partial charge on any atom is -0.497 e. The van der Waals surface area contributed by atoms with E-state index in [-0.39, 0.29) is 17.4 Å². The van der Waals surface area contributed by atoms with E-state index in [0.717, 1.165) is 29.9 Å². The molecule has 1 atom stereocenters. The quantitative estimate of drug-likeness (QED) is 0.939. The van der Waals surface area contributed by atoms with Crippen molar-refractivity contribution in [1.82, 2.24) is 5.32 Å². The van der Waals surface area contributed by atoms with Gasteiger partial charge in [-0.3, -0.25) is 4.79 Å². The Bertz CT molecular complexity index is 670. The van der Waals surface area contributed by atoms with Gasteiger partial charge in [-0.1, -0.05) is 13.8 Å². The molecule has 1 aromatic heterocycles. The Morgan fingerprint density at radius 1 is 1.27 bits per heavy atom. The van der Waals surface area contributed by atoms with Crippen LogP contribution in [0.2, 0.25) is 0 Å².